The van der Waals surface area contributed by atoms with E-state index in [2.05, 4.69) is 22.5 Å². The van der Waals surface area contributed by atoms with Gasteiger partial charge in [0, 0.05) is 24.3 Å². The molecular formula is C10H17N3OS. The molecule has 2 fully saturated rings. The standard InChI is InChI=1S/C10H17N3OS/c1-7-6-15-10(13-7)12-5-4-11-9(14)8-2-3-8/h7-8H,2-6H2,1H3,(H,11,14)(H,12,13). The van der Waals surface area contributed by atoms with E-state index in [1.807, 2.05) is 0 Å². The number of rotatable bonds is 4. The van der Waals surface area contributed by atoms with Crippen molar-refractivity contribution in [1.29, 1.82) is 0 Å². The molecule has 0 aromatic rings. The van der Waals surface area contributed by atoms with E-state index in [0.717, 1.165) is 23.8 Å². The molecule has 2 rings (SSSR count). The van der Waals surface area contributed by atoms with Crippen LogP contribution in [0.3, 0.4) is 0 Å². The van der Waals surface area contributed by atoms with E-state index in [1.54, 1.807) is 11.8 Å². The van der Waals surface area contributed by atoms with E-state index in [9.17, 15) is 4.79 Å². The molecule has 0 spiro atoms. The first-order valence-corrected chi connectivity index (χ1v) is 6.46. The number of carbonyl (C=O) groups is 1. The summed E-state index contributed by atoms with van der Waals surface area (Å²) in [6, 6.07) is 0.523. The van der Waals surface area contributed by atoms with Crippen LogP contribution in [0.4, 0.5) is 0 Å². The molecule has 1 aliphatic heterocycles. The third-order valence-electron chi connectivity index (χ3n) is 2.45. The van der Waals surface area contributed by atoms with Crippen LogP contribution in [0.15, 0.2) is 4.99 Å². The fraction of sp³-hybridized carbons (Fsp3) is 0.800. The molecule has 84 valence electrons. The van der Waals surface area contributed by atoms with Gasteiger partial charge in [0.05, 0.1) is 6.54 Å². The summed E-state index contributed by atoms with van der Waals surface area (Å²) in [7, 11) is 0. The van der Waals surface area contributed by atoms with Gasteiger partial charge in [-0.25, -0.2) is 0 Å². The van der Waals surface area contributed by atoms with Gasteiger partial charge in [0.15, 0.2) is 5.17 Å². The van der Waals surface area contributed by atoms with Crippen LogP contribution in [-0.4, -0.2) is 36.0 Å². The quantitative estimate of drug-likeness (QED) is 0.691. The van der Waals surface area contributed by atoms with Crippen LogP contribution < -0.4 is 10.6 Å². The number of hydrogen-bond acceptors (Lipinski definition) is 3. The molecule has 1 saturated heterocycles. The lowest BCUT2D eigenvalue weighted by molar-refractivity contribution is -0.122. The highest BCUT2D eigenvalue weighted by atomic mass is 32.2. The molecular weight excluding hydrogens is 210 g/mol. The molecule has 1 atom stereocenters. The summed E-state index contributed by atoms with van der Waals surface area (Å²) in [5, 5.41) is 7.19. The van der Waals surface area contributed by atoms with E-state index >= 15 is 0 Å². The molecule has 5 heteroatoms. The minimum absolute atomic E-state index is 0.204. The molecule has 1 heterocycles. The van der Waals surface area contributed by atoms with Gasteiger partial charge in [-0.1, -0.05) is 11.8 Å². The van der Waals surface area contributed by atoms with E-state index in [1.165, 1.54) is 0 Å². The van der Waals surface area contributed by atoms with E-state index in [-0.39, 0.29) is 5.91 Å². The van der Waals surface area contributed by atoms with Gasteiger partial charge < -0.3 is 10.6 Å². The van der Waals surface area contributed by atoms with Crippen molar-refractivity contribution in [2.45, 2.75) is 25.8 Å². The van der Waals surface area contributed by atoms with Crippen molar-refractivity contribution >= 4 is 22.8 Å². The van der Waals surface area contributed by atoms with Crippen molar-refractivity contribution in [3.05, 3.63) is 0 Å². The van der Waals surface area contributed by atoms with Gasteiger partial charge in [-0.2, -0.15) is 0 Å². The predicted octanol–water partition coefficient (Wildman–Crippen LogP) is 0.594. The summed E-state index contributed by atoms with van der Waals surface area (Å²) >= 11 is 1.75. The van der Waals surface area contributed by atoms with Gasteiger partial charge in [-0.15, -0.1) is 0 Å². The Hall–Kier alpha value is -0.710. The fourth-order valence-electron chi connectivity index (χ4n) is 1.42. The van der Waals surface area contributed by atoms with Crippen LogP contribution in [-0.2, 0) is 4.79 Å². The number of amides is 1. The van der Waals surface area contributed by atoms with Crippen LogP contribution in [0.5, 0.6) is 0 Å². The van der Waals surface area contributed by atoms with E-state index in [4.69, 9.17) is 0 Å². The number of aliphatic imine (C=N–C) groups is 1. The van der Waals surface area contributed by atoms with Crippen molar-refractivity contribution in [2.24, 2.45) is 10.9 Å². The maximum Gasteiger partial charge on any atom is 0.223 e. The second kappa shape index (κ2) is 4.88. The average Bonchev–Trinajstić information content (AvgIpc) is 2.98. The highest BCUT2D eigenvalue weighted by Crippen LogP contribution is 2.28. The van der Waals surface area contributed by atoms with Gasteiger partial charge in [-0.3, -0.25) is 9.79 Å². The molecule has 1 saturated carbocycles. The monoisotopic (exact) mass is 227 g/mol. The zero-order valence-corrected chi connectivity index (χ0v) is 9.77. The lowest BCUT2D eigenvalue weighted by atomic mass is 10.4. The molecule has 1 amide bonds. The molecule has 0 bridgehead atoms. The van der Waals surface area contributed by atoms with Gasteiger partial charge >= 0.3 is 0 Å². The van der Waals surface area contributed by atoms with E-state index in [0.29, 0.717) is 25.0 Å². The molecule has 1 aliphatic carbocycles. The third kappa shape index (κ3) is 3.41. The Labute approximate surface area is 94.3 Å². The first kappa shape index (κ1) is 10.8. The Morgan fingerprint density at radius 2 is 2.47 bits per heavy atom. The van der Waals surface area contributed by atoms with Crippen LogP contribution in [0.1, 0.15) is 19.8 Å². The fourth-order valence-corrected chi connectivity index (χ4v) is 2.37. The summed E-state index contributed by atoms with van der Waals surface area (Å²) in [6.07, 6.45) is 2.13. The van der Waals surface area contributed by atoms with E-state index < -0.39 is 0 Å². The topological polar surface area (TPSA) is 53.5 Å². The van der Waals surface area contributed by atoms with Crippen molar-refractivity contribution in [2.75, 3.05) is 18.8 Å². The number of nitrogens with zero attached hydrogens (tertiary/aromatic N) is 1. The normalized spacial score (nSPS) is 27.8. The average molecular weight is 227 g/mol. The van der Waals surface area contributed by atoms with Crippen LogP contribution in [0, 0.1) is 5.92 Å². The van der Waals surface area contributed by atoms with Crippen molar-refractivity contribution in [3.63, 3.8) is 0 Å². The predicted molar refractivity (Wildman–Crippen MR) is 63.1 cm³/mol. The number of nitrogens with one attached hydrogen (secondary N) is 2. The number of thioether (sulfide) groups is 1. The van der Waals surface area contributed by atoms with Crippen LogP contribution >= 0.6 is 11.8 Å². The Morgan fingerprint density at radius 1 is 1.67 bits per heavy atom. The molecule has 1 unspecified atom stereocenters. The van der Waals surface area contributed by atoms with Crippen molar-refractivity contribution in [1.82, 2.24) is 10.6 Å². The molecule has 0 aromatic carbocycles. The summed E-state index contributed by atoms with van der Waals surface area (Å²) in [4.78, 5) is 15.7. The summed E-state index contributed by atoms with van der Waals surface area (Å²) in [6.45, 7) is 3.49. The maximum absolute atomic E-state index is 11.3. The molecule has 0 radical (unpaired) electrons. The summed E-state index contributed by atoms with van der Waals surface area (Å²) < 4.78 is 0. The van der Waals surface area contributed by atoms with Crippen molar-refractivity contribution in [3.8, 4) is 0 Å². The highest BCUT2D eigenvalue weighted by molar-refractivity contribution is 8.14. The largest absolute Gasteiger partial charge is 0.362 e. The number of amidine groups is 1. The molecule has 0 aromatic heterocycles. The van der Waals surface area contributed by atoms with Crippen LogP contribution in [0.25, 0.3) is 0 Å². The number of hydrogen-bond donors (Lipinski definition) is 2. The summed E-state index contributed by atoms with van der Waals surface area (Å²) in [5.74, 6) is 1.60. The lowest BCUT2D eigenvalue weighted by Crippen LogP contribution is -2.28. The smallest absolute Gasteiger partial charge is 0.223 e. The van der Waals surface area contributed by atoms with Gasteiger partial charge in [-0.05, 0) is 19.8 Å². The lowest BCUT2D eigenvalue weighted by Gasteiger charge is -2.03. The summed E-state index contributed by atoms with van der Waals surface area (Å²) in [5.41, 5.74) is 0. The minimum atomic E-state index is 0.204. The first-order chi connectivity index (χ1) is 7.25. The molecule has 2 N–H and O–H groups in total. The first-order valence-electron chi connectivity index (χ1n) is 5.47. The Balaban J connectivity index is 1.59. The maximum atomic E-state index is 11.3. The Bertz CT molecular complexity index is 276. The zero-order valence-electron chi connectivity index (χ0n) is 8.95. The SMILES string of the molecule is CC1CSC(=NCCNC(=O)C2CC2)N1. The Morgan fingerprint density at radius 3 is 3.07 bits per heavy atom. The second-order valence-corrected chi connectivity index (χ2v) is 5.12. The molecule has 15 heavy (non-hydrogen) atoms. The molecule has 2 aliphatic rings. The van der Waals surface area contributed by atoms with Gasteiger partial charge in [0.25, 0.3) is 0 Å². The molecule has 4 nitrogen and oxygen atoms in total. The zero-order chi connectivity index (χ0) is 10.7. The van der Waals surface area contributed by atoms with Gasteiger partial charge in [0.2, 0.25) is 5.91 Å². The van der Waals surface area contributed by atoms with Crippen LogP contribution in [0.2, 0.25) is 0 Å². The van der Waals surface area contributed by atoms with Crippen molar-refractivity contribution < 1.29 is 4.79 Å². The third-order valence-corrected chi connectivity index (χ3v) is 3.64. The second-order valence-electron chi connectivity index (χ2n) is 4.11. The van der Waals surface area contributed by atoms with Gasteiger partial charge in [0.1, 0.15) is 0 Å². The number of carbonyl (C=O) groups excluding carboxylic acids is 1. The Kier molecular flexibility index (Phi) is 3.51. The minimum Gasteiger partial charge on any atom is -0.362 e. The highest BCUT2D eigenvalue weighted by Gasteiger charge is 2.28.